The van der Waals surface area contributed by atoms with Crippen LogP contribution in [-0.2, 0) is 13.1 Å². The molecule has 2 N–H and O–H groups in total. The van der Waals surface area contributed by atoms with E-state index in [1.807, 2.05) is 24.3 Å². The Hall–Kier alpha value is -1.48. The summed E-state index contributed by atoms with van der Waals surface area (Å²) in [5, 5.41) is 2.61. The van der Waals surface area contributed by atoms with Gasteiger partial charge in [0.25, 0.3) is 0 Å². The number of nitrogens with zero attached hydrogens (tertiary/aromatic N) is 1. The van der Waals surface area contributed by atoms with Gasteiger partial charge in [-0.2, -0.15) is 0 Å². The van der Waals surface area contributed by atoms with Crippen molar-refractivity contribution in [1.82, 2.24) is 4.57 Å². The van der Waals surface area contributed by atoms with Gasteiger partial charge in [-0.25, -0.2) is 0 Å². The lowest BCUT2D eigenvalue weighted by Gasteiger charge is -2.08. The van der Waals surface area contributed by atoms with Gasteiger partial charge in [0.2, 0.25) is 0 Å². The number of aromatic nitrogens is 1. The number of nitrogens with two attached hydrogens (primary N) is 1. The molecule has 3 rings (SSSR count). The van der Waals surface area contributed by atoms with Crippen LogP contribution in [0.15, 0.2) is 48.7 Å². The highest BCUT2D eigenvalue weighted by molar-refractivity contribution is 6.33. The van der Waals surface area contributed by atoms with Gasteiger partial charge in [-0.1, -0.05) is 41.4 Å². The van der Waals surface area contributed by atoms with Crippen molar-refractivity contribution in [2.45, 2.75) is 13.1 Å². The standard InChI is InChI=1S/C16H14Cl2N2/c17-13-5-6-15(18)11(7-13)9-20-10-12(8-19)14-3-1-2-4-16(14)20/h1-7,10H,8-9,19H2. The second-order valence-corrected chi connectivity index (χ2v) is 5.58. The number of hydrogen-bond donors (Lipinski definition) is 1. The molecule has 0 aliphatic rings. The zero-order valence-corrected chi connectivity index (χ0v) is 12.3. The molecule has 0 fully saturated rings. The molecule has 3 aromatic rings. The first kappa shape index (κ1) is 13.5. The second kappa shape index (κ2) is 5.49. The molecule has 0 atom stereocenters. The van der Waals surface area contributed by atoms with E-state index in [0.717, 1.165) is 21.7 Å². The third kappa shape index (κ3) is 2.42. The fourth-order valence-corrected chi connectivity index (χ4v) is 2.84. The van der Waals surface area contributed by atoms with Gasteiger partial charge < -0.3 is 10.3 Å². The summed E-state index contributed by atoms with van der Waals surface area (Å²) in [5.41, 5.74) is 9.11. The maximum Gasteiger partial charge on any atom is 0.0491 e. The van der Waals surface area contributed by atoms with E-state index in [1.54, 1.807) is 6.07 Å². The van der Waals surface area contributed by atoms with Gasteiger partial charge in [0.05, 0.1) is 0 Å². The van der Waals surface area contributed by atoms with E-state index in [1.165, 1.54) is 5.39 Å². The van der Waals surface area contributed by atoms with E-state index in [-0.39, 0.29) is 0 Å². The molecule has 0 aliphatic carbocycles. The van der Waals surface area contributed by atoms with Gasteiger partial charge in [-0.05, 0) is 35.4 Å². The molecule has 4 heteroatoms. The highest BCUT2D eigenvalue weighted by Crippen LogP contribution is 2.25. The Labute approximate surface area is 127 Å². The van der Waals surface area contributed by atoms with Crippen molar-refractivity contribution in [3.8, 4) is 0 Å². The maximum absolute atomic E-state index is 6.24. The quantitative estimate of drug-likeness (QED) is 0.761. The third-order valence-electron chi connectivity index (χ3n) is 3.44. The van der Waals surface area contributed by atoms with Gasteiger partial charge in [0, 0.05) is 40.2 Å². The van der Waals surface area contributed by atoms with Crippen molar-refractivity contribution in [2.75, 3.05) is 0 Å². The Balaban J connectivity index is 2.09. The van der Waals surface area contributed by atoms with Crippen molar-refractivity contribution in [3.05, 3.63) is 69.8 Å². The molecule has 102 valence electrons. The van der Waals surface area contributed by atoms with Gasteiger partial charge in [-0.3, -0.25) is 0 Å². The lowest BCUT2D eigenvalue weighted by molar-refractivity contribution is 0.830. The Morgan fingerprint density at radius 1 is 1.00 bits per heavy atom. The molecule has 0 radical (unpaired) electrons. The van der Waals surface area contributed by atoms with Crippen LogP contribution >= 0.6 is 23.2 Å². The molecule has 0 unspecified atom stereocenters. The van der Waals surface area contributed by atoms with Crippen molar-refractivity contribution >= 4 is 34.1 Å². The highest BCUT2D eigenvalue weighted by Gasteiger charge is 2.09. The van der Waals surface area contributed by atoms with Crippen LogP contribution in [0.4, 0.5) is 0 Å². The van der Waals surface area contributed by atoms with Crippen LogP contribution in [0.2, 0.25) is 10.0 Å². The molecular formula is C16H14Cl2N2. The molecule has 0 spiro atoms. The first-order chi connectivity index (χ1) is 9.69. The number of fused-ring (bicyclic) bond motifs is 1. The Kier molecular flexibility index (Phi) is 3.70. The number of halogens is 2. The molecule has 2 nitrogen and oxygen atoms in total. The number of hydrogen-bond acceptors (Lipinski definition) is 1. The molecule has 0 amide bonds. The first-order valence-corrected chi connectivity index (χ1v) is 7.15. The minimum Gasteiger partial charge on any atom is -0.343 e. The van der Waals surface area contributed by atoms with Gasteiger partial charge in [-0.15, -0.1) is 0 Å². The molecule has 0 saturated heterocycles. The van der Waals surface area contributed by atoms with Crippen LogP contribution in [0, 0.1) is 0 Å². The predicted molar refractivity (Wildman–Crippen MR) is 85.4 cm³/mol. The zero-order valence-electron chi connectivity index (χ0n) is 10.8. The average molecular weight is 305 g/mol. The van der Waals surface area contributed by atoms with Crippen LogP contribution in [0.3, 0.4) is 0 Å². The molecule has 0 saturated carbocycles. The normalized spacial score (nSPS) is 11.2. The van der Waals surface area contributed by atoms with Crippen LogP contribution in [0.5, 0.6) is 0 Å². The lowest BCUT2D eigenvalue weighted by Crippen LogP contribution is -1.99. The summed E-state index contributed by atoms with van der Waals surface area (Å²) in [4.78, 5) is 0. The topological polar surface area (TPSA) is 30.9 Å². The largest absolute Gasteiger partial charge is 0.343 e. The summed E-state index contributed by atoms with van der Waals surface area (Å²) in [5.74, 6) is 0. The zero-order chi connectivity index (χ0) is 14.1. The van der Waals surface area contributed by atoms with E-state index in [2.05, 4.69) is 22.9 Å². The van der Waals surface area contributed by atoms with E-state index in [9.17, 15) is 0 Å². The van der Waals surface area contributed by atoms with Gasteiger partial charge in [0.1, 0.15) is 0 Å². The van der Waals surface area contributed by atoms with Gasteiger partial charge >= 0.3 is 0 Å². The molecule has 1 aromatic heterocycles. The number of rotatable bonds is 3. The predicted octanol–water partition coefficient (Wildman–Crippen LogP) is 4.46. The average Bonchev–Trinajstić information content (AvgIpc) is 2.81. The summed E-state index contributed by atoms with van der Waals surface area (Å²) in [6.45, 7) is 1.21. The molecule has 2 aromatic carbocycles. The molecular weight excluding hydrogens is 291 g/mol. The van der Waals surface area contributed by atoms with E-state index in [0.29, 0.717) is 18.1 Å². The SMILES string of the molecule is NCc1cn(Cc2cc(Cl)ccc2Cl)c2ccccc12. The Bertz CT molecular complexity index is 762. The molecule has 0 aliphatic heterocycles. The van der Waals surface area contributed by atoms with Crippen LogP contribution in [-0.4, -0.2) is 4.57 Å². The van der Waals surface area contributed by atoms with Crippen LogP contribution in [0.25, 0.3) is 10.9 Å². The van der Waals surface area contributed by atoms with E-state index < -0.39 is 0 Å². The van der Waals surface area contributed by atoms with E-state index >= 15 is 0 Å². The summed E-state index contributed by atoms with van der Waals surface area (Å²) >= 11 is 12.3. The minimum absolute atomic E-state index is 0.525. The van der Waals surface area contributed by atoms with Crippen molar-refractivity contribution in [3.63, 3.8) is 0 Å². The van der Waals surface area contributed by atoms with Crippen molar-refractivity contribution < 1.29 is 0 Å². The Morgan fingerprint density at radius 2 is 1.80 bits per heavy atom. The van der Waals surface area contributed by atoms with Crippen LogP contribution in [0.1, 0.15) is 11.1 Å². The summed E-state index contributed by atoms with van der Waals surface area (Å²) in [6.07, 6.45) is 2.09. The first-order valence-electron chi connectivity index (χ1n) is 6.40. The fourth-order valence-electron chi connectivity index (χ4n) is 2.46. The lowest BCUT2D eigenvalue weighted by atomic mass is 10.2. The summed E-state index contributed by atoms with van der Waals surface area (Å²) in [6, 6.07) is 13.8. The molecule has 20 heavy (non-hydrogen) atoms. The van der Waals surface area contributed by atoms with Crippen LogP contribution < -0.4 is 5.73 Å². The van der Waals surface area contributed by atoms with Crippen molar-refractivity contribution in [1.29, 1.82) is 0 Å². The second-order valence-electron chi connectivity index (χ2n) is 4.74. The molecule has 1 heterocycles. The summed E-state index contributed by atoms with van der Waals surface area (Å²) in [7, 11) is 0. The fraction of sp³-hybridized carbons (Fsp3) is 0.125. The van der Waals surface area contributed by atoms with E-state index in [4.69, 9.17) is 28.9 Å². The van der Waals surface area contributed by atoms with Gasteiger partial charge in [0.15, 0.2) is 0 Å². The maximum atomic E-state index is 6.24. The number of benzene rings is 2. The smallest absolute Gasteiger partial charge is 0.0491 e. The monoisotopic (exact) mass is 304 g/mol. The van der Waals surface area contributed by atoms with Crippen molar-refractivity contribution in [2.24, 2.45) is 5.73 Å². The third-order valence-corrected chi connectivity index (χ3v) is 4.04. The Morgan fingerprint density at radius 3 is 2.60 bits per heavy atom. The minimum atomic E-state index is 0.525. The molecule has 0 bridgehead atoms. The number of para-hydroxylation sites is 1. The summed E-state index contributed by atoms with van der Waals surface area (Å²) < 4.78 is 2.16. The highest BCUT2D eigenvalue weighted by atomic mass is 35.5.